The summed E-state index contributed by atoms with van der Waals surface area (Å²) in [7, 11) is 0. The van der Waals surface area contributed by atoms with Crippen LogP contribution in [-0.4, -0.2) is 51.2 Å². The Bertz CT molecular complexity index is 897. The van der Waals surface area contributed by atoms with Crippen molar-refractivity contribution in [2.24, 2.45) is 0 Å². The second kappa shape index (κ2) is 10.0. The summed E-state index contributed by atoms with van der Waals surface area (Å²) in [5, 5.41) is 3.09. The van der Waals surface area contributed by atoms with Crippen LogP contribution in [0.3, 0.4) is 0 Å². The number of ether oxygens (including phenoxy) is 2. The number of hydrogen-bond acceptors (Lipinski definition) is 4. The van der Waals surface area contributed by atoms with Crippen molar-refractivity contribution >= 4 is 23.4 Å². The number of benzene rings is 2. The van der Waals surface area contributed by atoms with Gasteiger partial charge in [-0.15, -0.1) is 18.3 Å². The molecule has 0 spiro atoms. The van der Waals surface area contributed by atoms with Crippen LogP contribution in [0.4, 0.5) is 5.69 Å². The molecule has 2 aromatic carbocycles. The molecule has 2 heterocycles. The fourth-order valence-corrected chi connectivity index (χ4v) is 4.66. The number of nitrogens with one attached hydrogen (secondary N) is 3. The van der Waals surface area contributed by atoms with E-state index in [1.165, 1.54) is 10.5 Å². The van der Waals surface area contributed by atoms with E-state index in [1.54, 1.807) is 16.7 Å². The lowest BCUT2D eigenvalue weighted by atomic mass is 10.1. The molecule has 1 amide bonds. The summed E-state index contributed by atoms with van der Waals surface area (Å²) < 4.78 is 10.9. The molecule has 7 heteroatoms. The van der Waals surface area contributed by atoms with Crippen molar-refractivity contribution in [3.63, 3.8) is 0 Å². The normalized spacial score (nSPS) is 20.0. The number of amides is 1. The highest BCUT2D eigenvalue weighted by molar-refractivity contribution is 7.99. The largest absolute Gasteiger partial charge is 0.454 e. The molecule has 1 fully saturated rings. The summed E-state index contributed by atoms with van der Waals surface area (Å²) in [4.78, 5) is 16.6. The molecule has 0 bridgehead atoms. The lowest BCUT2D eigenvalue weighted by Crippen LogP contribution is -3.28. The molecule has 2 aromatic rings. The molecule has 0 saturated carbocycles. The van der Waals surface area contributed by atoms with E-state index >= 15 is 0 Å². The summed E-state index contributed by atoms with van der Waals surface area (Å²) in [6, 6.07) is 14.2. The van der Waals surface area contributed by atoms with Crippen LogP contribution >= 0.6 is 11.8 Å². The van der Waals surface area contributed by atoms with Crippen molar-refractivity contribution in [2.45, 2.75) is 11.4 Å². The summed E-state index contributed by atoms with van der Waals surface area (Å²) in [5.41, 5.74) is 2.16. The first kappa shape index (κ1) is 20.8. The average Bonchev–Trinajstić information content (AvgIpc) is 3.22. The fraction of sp³-hybridized carbons (Fsp3) is 0.348. The number of para-hydroxylation sites is 1. The number of quaternary nitrogens is 2. The van der Waals surface area contributed by atoms with E-state index < -0.39 is 0 Å². The summed E-state index contributed by atoms with van der Waals surface area (Å²) >= 11 is 1.68. The van der Waals surface area contributed by atoms with Gasteiger partial charge in [0.2, 0.25) is 6.79 Å². The number of anilines is 1. The fourth-order valence-electron chi connectivity index (χ4n) is 3.92. The molecular formula is C23H29N3O3S+2. The Morgan fingerprint density at radius 1 is 1.07 bits per heavy atom. The third-order valence-corrected chi connectivity index (χ3v) is 6.55. The topological polar surface area (TPSA) is 56.4 Å². The summed E-state index contributed by atoms with van der Waals surface area (Å²) in [6.45, 7) is 9.68. The Labute approximate surface area is 181 Å². The zero-order valence-electron chi connectivity index (χ0n) is 17.1. The van der Waals surface area contributed by atoms with Gasteiger partial charge in [0.15, 0.2) is 18.0 Å². The number of carbonyl (C=O) groups is 1. The maximum Gasteiger partial charge on any atom is 0.279 e. The van der Waals surface area contributed by atoms with Crippen molar-refractivity contribution in [3.8, 4) is 11.5 Å². The number of carbonyl (C=O) groups excluding carboxylic acids is 1. The van der Waals surface area contributed by atoms with Gasteiger partial charge in [0.05, 0.1) is 5.69 Å². The van der Waals surface area contributed by atoms with E-state index in [2.05, 4.69) is 24.0 Å². The van der Waals surface area contributed by atoms with E-state index in [1.807, 2.05) is 36.4 Å². The molecule has 0 aliphatic carbocycles. The first-order chi connectivity index (χ1) is 14.7. The number of thioether (sulfide) groups is 1. The minimum Gasteiger partial charge on any atom is -0.454 e. The Morgan fingerprint density at radius 2 is 1.83 bits per heavy atom. The number of rotatable bonds is 8. The average molecular weight is 428 g/mol. The Kier molecular flexibility index (Phi) is 6.94. The maximum absolute atomic E-state index is 12.6. The summed E-state index contributed by atoms with van der Waals surface area (Å²) in [6.07, 6.45) is 1.87. The van der Waals surface area contributed by atoms with Gasteiger partial charge in [-0.25, -0.2) is 0 Å². The van der Waals surface area contributed by atoms with E-state index in [-0.39, 0.29) is 5.91 Å². The molecule has 4 rings (SSSR count). The second-order valence-electron chi connectivity index (χ2n) is 7.69. The smallest absolute Gasteiger partial charge is 0.279 e. The van der Waals surface area contributed by atoms with Crippen molar-refractivity contribution in [1.82, 2.24) is 0 Å². The lowest BCUT2D eigenvalue weighted by Gasteiger charge is -2.29. The van der Waals surface area contributed by atoms with Crippen molar-refractivity contribution < 1.29 is 24.1 Å². The third-order valence-electron chi connectivity index (χ3n) is 5.48. The Hall–Kier alpha value is -2.48. The first-order valence-electron chi connectivity index (χ1n) is 10.4. The van der Waals surface area contributed by atoms with Crippen molar-refractivity contribution in [2.75, 3.05) is 50.6 Å². The van der Waals surface area contributed by atoms with E-state index in [4.69, 9.17) is 9.47 Å². The highest BCUT2D eigenvalue weighted by Gasteiger charge is 2.25. The van der Waals surface area contributed by atoms with E-state index in [9.17, 15) is 4.79 Å². The predicted octanol–water partition coefficient (Wildman–Crippen LogP) is 0.616. The zero-order valence-corrected chi connectivity index (χ0v) is 17.9. The quantitative estimate of drug-likeness (QED) is 0.427. The lowest BCUT2D eigenvalue weighted by molar-refractivity contribution is -1.02. The van der Waals surface area contributed by atoms with E-state index in [0.29, 0.717) is 13.3 Å². The number of hydrogen-bond donors (Lipinski definition) is 3. The highest BCUT2D eigenvalue weighted by Crippen LogP contribution is 2.32. The van der Waals surface area contributed by atoms with Gasteiger partial charge < -0.3 is 24.6 Å². The second-order valence-corrected chi connectivity index (χ2v) is 8.75. The van der Waals surface area contributed by atoms with Gasteiger partial charge in [0.25, 0.3) is 5.91 Å². The monoisotopic (exact) mass is 427 g/mol. The van der Waals surface area contributed by atoms with Gasteiger partial charge >= 0.3 is 0 Å². The summed E-state index contributed by atoms with van der Waals surface area (Å²) in [5.74, 6) is 2.58. The van der Waals surface area contributed by atoms with Crippen LogP contribution in [0.5, 0.6) is 11.5 Å². The SMILES string of the molecule is C=CCSc1ccccc1NC(=O)C[NH+]1CC[NH+](Cc2ccc3c(c2)OCO3)CC1. The predicted molar refractivity (Wildman–Crippen MR) is 119 cm³/mol. The molecule has 0 aromatic heterocycles. The highest BCUT2D eigenvalue weighted by atomic mass is 32.2. The molecule has 1 saturated heterocycles. The molecule has 30 heavy (non-hydrogen) atoms. The molecule has 2 aliphatic heterocycles. The molecule has 0 unspecified atom stereocenters. The van der Waals surface area contributed by atoms with Gasteiger partial charge in [-0.05, 0) is 30.3 Å². The van der Waals surface area contributed by atoms with Gasteiger partial charge in [-0.2, -0.15) is 0 Å². The molecule has 3 N–H and O–H groups in total. The van der Waals surface area contributed by atoms with Crippen LogP contribution < -0.4 is 24.6 Å². The van der Waals surface area contributed by atoms with Gasteiger partial charge in [0.1, 0.15) is 32.7 Å². The Morgan fingerprint density at radius 3 is 2.67 bits per heavy atom. The van der Waals surface area contributed by atoms with Gasteiger partial charge in [0, 0.05) is 16.2 Å². The third kappa shape index (κ3) is 5.36. The molecule has 158 valence electrons. The van der Waals surface area contributed by atoms with Crippen LogP contribution in [0.15, 0.2) is 60.0 Å². The number of piperazine rings is 1. The molecular weight excluding hydrogens is 398 g/mol. The van der Waals surface area contributed by atoms with Crippen LogP contribution in [0.2, 0.25) is 0 Å². The van der Waals surface area contributed by atoms with Crippen LogP contribution in [0.25, 0.3) is 0 Å². The molecule has 6 nitrogen and oxygen atoms in total. The van der Waals surface area contributed by atoms with Crippen LogP contribution in [0.1, 0.15) is 5.56 Å². The first-order valence-corrected chi connectivity index (χ1v) is 11.4. The minimum absolute atomic E-state index is 0.0795. The van der Waals surface area contributed by atoms with Crippen LogP contribution in [0, 0.1) is 0 Å². The zero-order chi connectivity index (χ0) is 20.8. The molecule has 2 aliphatic rings. The van der Waals surface area contributed by atoms with Crippen molar-refractivity contribution in [3.05, 3.63) is 60.7 Å². The van der Waals surface area contributed by atoms with Crippen molar-refractivity contribution in [1.29, 1.82) is 0 Å². The minimum atomic E-state index is 0.0795. The van der Waals surface area contributed by atoms with Gasteiger partial charge in [-0.3, -0.25) is 4.79 Å². The number of fused-ring (bicyclic) bond motifs is 1. The van der Waals surface area contributed by atoms with Gasteiger partial charge in [-0.1, -0.05) is 18.2 Å². The Balaban J connectivity index is 1.24. The van der Waals surface area contributed by atoms with E-state index in [0.717, 1.165) is 60.6 Å². The van der Waals surface area contributed by atoms with Crippen LogP contribution in [-0.2, 0) is 11.3 Å². The molecule has 0 atom stereocenters. The maximum atomic E-state index is 12.6. The standard InChI is InChI=1S/C23H27N3O3S/c1-2-13-30-22-6-4-3-5-19(22)24-23(27)16-26-11-9-25(10-12-26)15-18-7-8-20-21(14-18)29-17-28-20/h2-8,14H,1,9-13,15-17H2,(H,24,27)/p+2. The molecule has 0 radical (unpaired) electrons.